The van der Waals surface area contributed by atoms with Gasteiger partial charge in [0.2, 0.25) is 0 Å². The molecule has 1 unspecified atom stereocenters. The van der Waals surface area contributed by atoms with E-state index in [4.69, 9.17) is 16.3 Å². The highest BCUT2D eigenvalue weighted by Crippen LogP contribution is 2.30. The Balaban J connectivity index is 2.29. The van der Waals surface area contributed by atoms with E-state index in [0.717, 1.165) is 20.7 Å². The Morgan fingerprint density at radius 2 is 2.33 bits per heavy atom. The number of benzene rings is 1. The van der Waals surface area contributed by atoms with Gasteiger partial charge in [0.05, 0.1) is 27.7 Å². The third kappa shape index (κ3) is 3.96. The minimum atomic E-state index is -0.578. The number of rotatable bonds is 5. The smallest absolute Gasteiger partial charge is 0.334 e. The van der Waals surface area contributed by atoms with Crippen molar-refractivity contribution in [1.82, 2.24) is 4.98 Å². The number of nitrogens with one attached hydrogen (secondary N) is 1. The molecule has 2 aromatic rings. The maximum Gasteiger partial charge on any atom is 0.334 e. The lowest BCUT2D eigenvalue weighted by atomic mass is 10.2. The standard InChI is InChI=1S/C14H14BrClN2O2S/c1-3-20-14(19)12(13-8(2)17-7-21-13)18-9-4-5-11(16)10(15)6-9/h4-7,12,18H,3H2,1-2H3. The first-order valence-electron chi connectivity index (χ1n) is 6.31. The van der Waals surface area contributed by atoms with E-state index in [1.807, 2.05) is 19.1 Å². The van der Waals surface area contributed by atoms with Gasteiger partial charge in [-0.1, -0.05) is 11.6 Å². The van der Waals surface area contributed by atoms with Crippen LogP contribution in [-0.2, 0) is 9.53 Å². The Morgan fingerprint density at radius 1 is 1.57 bits per heavy atom. The number of nitrogens with zero attached hydrogens (tertiary/aromatic N) is 1. The molecule has 1 atom stereocenters. The summed E-state index contributed by atoms with van der Waals surface area (Å²) in [4.78, 5) is 17.2. The average Bonchev–Trinajstić information content (AvgIpc) is 2.86. The second-order valence-electron chi connectivity index (χ2n) is 4.26. The first-order valence-corrected chi connectivity index (χ1v) is 8.36. The van der Waals surface area contributed by atoms with Gasteiger partial charge < -0.3 is 10.1 Å². The number of hydrogen-bond donors (Lipinski definition) is 1. The molecule has 21 heavy (non-hydrogen) atoms. The zero-order valence-electron chi connectivity index (χ0n) is 11.5. The monoisotopic (exact) mass is 388 g/mol. The van der Waals surface area contributed by atoms with Gasteiger partial charge in [0, 0.05) is 10.2 Å². The predicted octanol–water partition coefficient (Wildman–Crippen LogP) is 4.58. The van der Waals surface area contributed by atoms with Crippen molar-refractivity contribution >= 4 is 50.5 Å². The van der Waals surface area contributed by atoms with E-state index in [9.17, 15) is 4.79 Å². The molecule has 0 saturated carbocycles. The molecule has 0 saturated heterocycles. The molecule has 0 fully saturated rings. The molecule has 0 aliphatic heterocycles. The highest BCUT2D eigenvalue weighted by atomic mass is 79.9. The lowest BCUT2D eigenvalue weighted by Crippen LogP contribution is -2.23. The molecule has 0 aliphatic rings. The average molecular weight is 390 g/mol. The largest absolute Gasteiger partial charge is 0.464 e. The van der Waals surface area contributed by atoms with Crippen LogP contribution in [0.25, 0.3) is 0 Å². The van der Waals surface area contributed by atoms with E-state index >= 15 is 0 Å². The lowest BCUT2D eigenvalue weighted by Gasteiger charge is -2.18. The van der Waals surface area contributed by atoms with Gasteiger partial charge in [0.1, 0.15) is 0 Å². The second kappa shape index (κ2) is 7.24. The molecule has 0 radical (unpaired) electrons. The topological polar surface area (TPSA) is 51.2 Å². The van der Waals surface area contributed by atoms with E-state index in [1.54, 1.807) is 18.5 Å². The fourth-order valence-corrected chi connectivity index (χ4v) is 3.13. The number of esters is 1. The molecule has 112 valence electrons. The van der Waals surface area contributed by atoms with Gasteiger partial charge in [-0.25, -0.2) is 9.78 Å². The van der Waals surface area contributed by atoms with Gasteiger partial charge >= 0.3 is 5.97 Å². The van der Waals surface area contributed by atoms with Crippen LogP contribution in [0.5, 0.6) is 0 Å². The summed E-state index contributed by atoms with van der Waals surface area (Å²) in [6, 6.07) is 4.82. The molecular formula is C14H14BrClN2O2S. The number of aryl methyl sites for hydroxylation is 1. The highest BCUT2D eigenvalue weighted by Gasteiger charge is 2.25. The summed E-state index contributed by atoms with van der Waals surface area (Å²) >= 11 is 10.8. The van der Waals surface area contributed by atoms with Crippen LogP contribution in [0, 0.1) is 6.92 Å². The van der Waals surface area contributed by atoms with E-state index in [2.05, 4.69) is 26.2 Å². The Labute approximate surface area is 140 Å². The summed E-state index contributed by atoms with van der Waals surface area (Å²) in [6.45, 7) is 3.99. The number of ether oxygens (including phenoxy) is 1. The Morgan fingerprint density at radius 3 is 2.90 bits per heavy atom. The minimum absolute atomic E-state index is 0.323. The van der Waals surface area contributed by atoms with Crippen molar-refractivity contribution < 1.29 is 9.53 Å². The Hall–Kier alpha value is -1.11. The summed E-state index contributed by atoms with van der Waals surface area (Å²) in [5, 5.41) is 3.80. The first-order chi connectivity index (χ1) is 10.0. The summed E-state index contributed by atoms with van der Waals surface area (Å²) < 4.78 is 5.91. The first kappa shape index (κ1) is 16.3. The molecule has 1 N–H and O–H groups in total. The van der Waals surface area contributed by atoms with Crippen LogP contribution in [0.1, 0.15) is 23.5 Å². The van der Waals surface area contributed by atoms with Crippen LogP contribution < -0.4 is 5.32 Å². The third-order valence-corrected chi connectivity index (χ3v) is 5.01. The maximum atomic E-state index is 12.2. The maximum absolute atomic E-state index is 12.2. The normalized spacial score (nSPS) is 12.0. The fourth-order valence-electron chi connectivity index (χ4n) is 1.80. The quantitative estimate of drug-likeness (QED) is 0.760. The molecule has 1 aromatic heterocycles. The molecule has 0 spiro atoms. The minimum Gasteiger partial charge on any atom is -0.464 e. The number of aromatic nitrogens is 1. The zero-order chi connectivity index (χ0) is 15.4. The third-order valence-electron chi connectivity index (χ3n) is 2.80. The Bertz CT molecular complexity index is 648. The van der Waals surface area contributed by atoms with Gasteiger partial charge in [-0.3, -0.25) is 0 Å². The fraction of sp³-hybridized carbons (Fsp3) is 0.286. The van der Waals surface area contributed by atoms with Crippen LogP contribution in [0.2, 0.25) is 5.02 Å². The van der Waals surface area contributed by atoms with E-state index < -0.39 is 6.04 Å². The molecular weight excluding hydrogens is 376 g/mol. The molecule has 2 rings (SSSR count). The van der Waals surface area contributed by atoms with Crippen LogP contribution in [0.3, 0.4) is 0 Å². The molecule has 0 bridgehead atoms. The predicted molar refractivity (Wildman–Crippen MR) is 89.0 cm³/mol. The van der Waals surface area contributed by atoms with Crippen LogP contribution >= 0.6 is 38.9 Å². The number of thiazole rings is 1. The summed E-state index contributed by atoms with van der Waals surface area (Å²) in [7, 11) is 0. The summed E-state index contributed by atoms with van der Waals surface area (Å²) in [5.74, 6) is -0.323. The van der Waals surface area contributed by atoms with Crippen molar-refractivity contribution in [3.05, 3.63) is 43.8 Å². The molecule has 0 amide bonds. The van der Waals surface area contributed by atoms with Crippen LogP contribution in [-0.4, -0.2) is 17.6 Å². The van der Waals surface area contributed by atoms with E-state index in [1.165, 1.54) is 11.3 Å². The van der Waals surface area contributed by atoms with Crippen LogP contribution in [0.15, 0.2) is 28.2 Å². The van der Waals surface area contributed by atoms with Crippen molar-refractivity contribution in [2.45, 2.75) is 19.9 Å². The van der Waals surface area contributed by atoms with Crippen molar-refractivity contribution in [1.29, 1.82) is 0 Å². The molecule has 1 aromatic carbocycles. The summed E-state index contributed by atoms with van der Waals surface area (Å²) in [5.41, 5.74) is 3.31. The number of carbonyl (C=O) groups is 1. The number of halogens is 2. The zero-order valence-corrected chi connectivity index (χ0v) is 14.7. The van der Waals surface area contributed by atoms with Gasteiger partial charge in [-0.15, -0.1) is 11.3 Å². The number of hydrogen-bond acceptors (Lipinski definition) is 5. The van der Waals surface area contributed by atoms with Crippen molar-refractivity contribution in [3.63, 3.8) is 0 Å². The Kier molecular flexibility index (Phi) is 5.61. The second-order valence-corrected chi connectivity index (χ2v) is 6.41. The van der Waals surface area contributed by atoms with Crippen molar-refractivity contribution in [3.8, 4) is 0 Å². The molecule has 7 heteroatoms. The van der Waals surface area contributed by atoms with Crippen molar-refractivity contribution in [2.75, 3.05) is 11.9 Å². The number of anilines is 1. The number of carbonyl (C=O) groups excluding carboxylic acids is 1. The molecule has 1 heterocycles. The van der Waals surface area contributed by atoms with Crippen LogP contribution in [0.4, 0.5) is 5.69 Å². The molecule has 4 nitrogen and oxygen atoms in total. The van der Waals surface area contributed by atoms with Gasteiger partial charge in [-0.2, -0.15) is 0 Å². The van der Waals surface area contributed by atoms with E-state index in [-0.39, 0.29) is 5.97 Å². The highest BCUT2D eigenvalue weighted by molar-refractivity contribution is 9.10. The van der Waals surface area contributed by atoms with Gasteiger partial charge in [-0.05, 0) is 48.0 Å². The van der Waals surface area contributed by atoms with Gasteiger partial charge in [0.15, 0.2) is 6.04 Å². The van der Waals surface area contributed by atoms with Crippen molar-refractivity contribution in [2.24, 2.45) is 0 Å². The SMILES string of the molecule is CCOC(=O)C(Nc1ccc(Cl)c(Br)c1)c1scnc1C. The molecule has 0 aliphatic carbocycles. The summed E-state index contributed by atoms with van der Waals surface area (Å²) in [6.07, 6.45) is 0. The lowest BCUT2D eigenvalue weighted by molar-refractivity contribution is -0.144. The van der Waals surface area contributed by atoms with E-state index in [0.29, 0.717) is 11.6 Å². The van der Waals surface area contributed by atoms with Gasteiger partial charge in [0.25, 0.3) is 0 Å².